The zero-order valence-electron chi connectivity index (χ0n) is 17.5. The van der Waals surface area contributed by atoms with Gasteiger partial charge in [-0.1, -0.05) is 38.1 Å². The molecule has 1 unspecified atom stereocenters. The lowest BCUT2D eigenvalue weighted by Gasteiger charge is -2.18. The van der Waals surface area contributed by atoms with E-state index < -0.39 is 0 Å². The van der Waals surface area contributed by atoms with E-state index in [-0.39, 0.29) is 11.8 Å². The normalized spacial score (nSPS) is 16.9. The number of hydrogen-bond acceptors (Lipinski definition) is 3. The van der Waals surface area contributed by atoms with E-state index in [4.69, 9.17) is 9.72 Å². The third-order valence-electron chi connectivity index (χ3n) is 5.73. The molecule has 0 bridgehead atoms. The molecule has 1 saturated heterocycles. The summed E-state index contributed by atoms with van der Waals surface area (Å²) in [6.07, 6.45) is 1.63. The Kier molecular flexibility index (Phi) is 5.56. The van der Waals surface area contributed by atoms with Crippen LogP contribution in [0.1, 0.15) is 44.0 Å². The lowest BCUT2D eigenvalue weighted by molar-refractivity contribution is -0.128. The molecular formula is C24H29N3O2. The van der Waals surface area contributed by atoms with Crippen molar-refractivity contribution in [1.82, 2.24) is 14.5 Å². The molecule has 2 heterocycles. The van der Waals surface area contributed by atoms with E-state index >= 15 is 0 Å². The highest BCUT2D eigenvalue weighted by atomic mass is 16.5. The number of aryl methyl sites for hydroxylation is 1. The van der Waals surface area contributed by atoms with Crippen LogP contribution in [0.15, 0.2) is 48.5 Å². The first-order valence-corrected chi connectivity index (χ1v) is 10.4. The summed E-state index contributed by atoms with van der Waals surface area (Å²) in [6, 6.07) is 16.2. The second-order valence-electron chi connectivity index (χ2n) is 8.32. The molecule has 152 valence electrons. The minimum Gasteiger partial charge on any atom is -0.497 e. The van der Waals surface area contributed by atoms with Crippen LogP contribution in [0.25, 0.3) is 11.0 Å². The fourth-order valence-electron chi connectivity index (χ4n) is 4.08. The van der Waals surface area contributed by atoms with Crippen molar-refractivity contribution >= 4 is 16.9 Å². The van der Waals surface area contributed by atoms with Gasteiger partial charge in [-0.05, 0) is 42.2 Å². The van der Waals surface area contributed by atoms with Crippen LogP contribution < -0.4 is 4.74 Å². The summed E-state index contributed by atoms with van der Waals surface area (Å²) < 4.78 is 7.56. The molecule has 29 heavy (non-hydrogen) atoms. The first kappa shape index (κ1) is 19.5. The van der Waals surface area contributed by atoms with Gasteiger partial charge < -0.3 is 14.2 Å². The standard InChI is InChI=1S/C24H29N3O2/c1-17(2)12-13-27-22-7-5-4-6-21(22)25-24(27)19-14-23(28)26(16-19)15-18-8-10-20(29-3)11-9-18/h4-11,17,19H,12-16H2,1-3H3. The summed E-state index contributed by atoms with van der Waals surface area (Å²) in [5, 5.41) is 0. The van der Waals surface area contributed by atoms with Crippen LogP contribution in [0.2, 0.25) is 0 Å². The summed E-state index contributed by atoms with van der Waals surface area (Å²) in [4.78, 5) is 19.6. The molecular weight excluding hydrogens is 362 g/mol. The minimum atomic E-state index is 0.139. The third-order valence-corrected chi connectivity index (χ3v) is 5.73. The van der Waals surface area contributed by atoms with Crippen molar-refractivity contribution in [2.45, 2.75) is 45.7 Å². The number of nitrogens with zero attached hydrogens (tertiary/aromatic N) is 3. The average molecular weight is 392 g/mol. The van der Waals surface area contributed by atoms with Gasteiger partial charge in [0.1, 0.15) is 11.6 Å². The molecule has 1 atom stereocenters. The number of imidazole rings is 1. The number of ether oxygens (including phenoxy) is 1. The number of hydrogen-bond donors (Lipinski definition) is 0. The summed E-state index contributed by atoms with van der Waals surface area (Å²) in [5.74, 6) is 2.85. The van der Waals surface area contributed by atoms with Crippen LogP contribution in [0, 0.1) is 5.92 Å². The van der Waals surface area contributed by atoms with Gasteiger partial charge in [0.05, 0.1) is 18.1 Å². The van der Waals surface area contributed by atoms with Gasteiger partial charge in [-0.25, -0.2) is 4.98 Å². The fourth-order valence-corrected chi connectivity index (χ4v) is 4.08. The van der Waals surface area contributed by atoms with Crippen LogP contribution in [-0.4, -0.2) is 34.0 Å². The Balaban J connectivity index is 1.56. The molecule has 0 N–H and O–H groups in total. The number of benzene rings is 2. The molecule has 1 aliphatic rings. The Morgan fingerprint density at radius 3 is 2.62 bits per heavy atom. The number of methoxy groups -OCH3 is 1. The van der Waals surface area contributed by atoms with Gasteiger partial charge in [0.15, 0.2) is 0 Å². The summed E-state index contributed by atoms with van der Waals surface area (Å²) in [5.41, 5.74) is 3.31. The van der Waals surface area contributed by atoms with E-state index in [9.17, 15) is 4.79 Å². The van der Waals surface area contributed by atoms with Crippen LogP contribution >= 0.6 is 0 Å². The van der Waals surface area contributed by atoms with Crippen molar-refractivity contribution < 1.29 is 9.53 Å². The van der Waals surface area contributed by atoms with Gasteiger partial charge >= 0.3 is 0 Å². The van der Waals surface area contributed by atoms with Gasteiger partial charge in [-0.3, -0.25) is 4.79 Å². The first-order valence-electron chi connectivity index (χ1n) is 10.4. The molecule has 5 heteroatoms. The molecule has 1 amide bonds. The summed E-state index contributed by atoms with van der Waals surface area (Å²) in [6.45, 7) is 6.78. The first-order chi connectivity index (χ1) is 14.0. The largest absolute Gasteiger partial charge is 0.497 e. The third kappa shape index (κ3) is 4.14. The van der Waals surface area contributed by atoms with Crippen molar-refractivity contribution in [2.24, 2.45) is 5.92 Å². The Bertz CT molecular complexity index is 991. The predicted octanol–water partition coefficient (Wildman–Crippen LogP) is 4.61. The average Bonchev–Trinajstić information content (AvgIpc) is 3.27. The number of carbonyl (C=O) groups is 1. The van der Waals surface area contributed by atoms with E-state index in [1.54, 1.807) is 7.11 Å². The number of carbonyl (C=O) groups excluding carboxylic acids is 1. The number of aromatic nitrogens is 2. The number of likely N-dealkylation sites (tertiary alicyclic amines) is 1. The van der Waals surface area contributed by atoms with E-state index in [0.717, 1.165) is 42.2 Å². The molecule has 2 aromatic carbocycles. The molecule has 3 aromatic rings. The highest BCUT2D eigenvalue weighted by Gasteiger charge is 2.33. The Hall–Kier alpha value is -2.82. The topological polar surface area (TPSA) is 47.4 Å². The maximum absolute atomic E-state index is 12.7. The highest BCUT2D eigenvalue weighted by Crippen LogP contribution is 2.31. The maximum atomic E-state index is 12.7. The molecule has 0 saturated carbocycles. The second-order valence-corrected chi connectivity index (χ2v) is 8.32. The van der Waals surface area contributed by atoms with Crippen LogP contribution in [0.3, 0.4) is 0 Å². The number of para-hydroxylation sites is 2. The maximum Gasteiger partial charge on any atom is 0.223 e. The van der Waals surface area contributed by atoms with E-state index in [0.29, 0.717) is 18.9 Å². The van der Waals surface area contributed by atoms with E-state index in [1.165, 1.54) is 5.52 Å². The van der Waals surface area contributed by atoms with E-state index in [1.807, 2.05) is 35.2 Å². The van der Waals surface area contributed by atoms with Gasteiger partial charge in [0.2, 0.25) is 5.91 Å². The quantitative estimate of drug-likeness (QED) is 0.591. The van der Waals surface area contributed by atoms with Gasteiger partial charge in [0.25, 0.3) is 0 Å². The summed E-state index contributed by atoms with van der Waals surface area (Å²) >= 11 is 0. The van der Waals surface area contributed by atoms with Crippen molar-refractivity contribution in [1.29, 1.82) is 0 Å². The molecule has 0 radical (unpaired) electrons. The predicted molar refractivity (Wildman–Crippen MR) is 115 cm³/mol. The SMILES string of the molecule is COc1ccc(CN2CC(c3nc4ccccc4n3CCC(C)C)CC2=O)cc1. The fraction of sp³-hybridized carbons (Fsp3) is 0.417. The van der Waals surface area contributed by atoms with Crippen LogP contribution in [0.4, 0.5) is 0 Å². The molecule has 1 aromatic heterocycles. The van der Waals surface area contributed by atoms with Gasteiger partial charge in [-0.15, -0.1) is 0 Å². The second kappa shape index (κ2) is 8.27. The Morgan fingerprint density at radius 1 is 1.14 bits per heavy atom. The minimum absolute atomic E-state index is 0.139. The van der Waals surface area contributed by atoms with Gasteiger partial charge in [0, 0.05) is 32.0 Å². The molecule has 1 fully saturated rings. The van der Waals surface area contributed by atoms with E-state index in [2.05, 4.69) is 36.6 Å². The zero-order valence-corrected chi connectivity index (χ0v) is 17.5. The lowest BCUT2D eigenvalue weighted by atomic mass is 10.1. The number of amides is 1. The summed E-state index contributed by atoms with van der Waals surface area (Å²) in [7, 11) is 1.66. The molecule has 5 nitrogen and oxygen atoms in total. The van der Waals surface area contributed by atoms with Crippen LogP contribution in [-0.2, 0) is 17.9 Å². The van der Waals surface area contributed by atoms with Crippen LogP contribution in [0.5, 0.6) is 5.75 Å². The number of fused-ring (bicyclic) bond motifs is 1. The molecule has 4 rings (SSSR count). The van der Waals surface area contributed by atoms with Gasteiger partial charge in [-0.2, -0.15) is 0 Å². The van der Waals surface area contributed by atoms with Crippen molar-refractivity contribution in [2.75, 3.05) is 13.7 Å². The molecule has 0 spiro atoms. The smallest absolute Gasteiger partial charge is 0.223 e. The lowest BCUT2D eigenvalue weighted by Crippen LogP contribution is -2.24. The Morgan fingerprint density at radius 2 is 1.90 bits per heavy atom. The number of rotatable bonds is 7. The Labute approximate surface area is 172 Å². The monoisotopic (exact) mass is 391 g/mol. The molecule has 1 aliphatic heterocycles. The van der Waals surface area contributed by atoms with Crippen molar-refractivity contribution in [3.8, 4) is 5.75 Å². The highest BCUT2D eigenvalue weighted by molar-refractivity contribution is 5.81. The van der Waals surface area contributed by atoms with Crippen molar-refractivity contribution in [3.63, 3.8) is 0 Å². The van der Waals surface area contributed by atoms with Crippen molar-refractivity contribution in [3.05, 3.63) is 59.9 Å². The molecule has 0 aliphatic carbocycles. The zero-order chi connectivity index (χ0) is 20.4.